The molecular formula is C17H12ClN5. The highest BCUT2D eigenvalue weighted by atomic mass is 35.5. The lowest BCUT2D eigenvalue weighted by atomic mass is 10.1. The molecule has 0 bridgehead atoms. The Morgan fingerprint density at radius 3 is 2.74 bits per heavy atom. The molecule has 0 saturated heterocycles. The van der Waals surface area contributed by atoms with Gasteiger partial charge >= 0.3 is 0 Å². The van der Waals surface area contributed by atoms with E-state index >= 15 is 0 Å². The number of pyridine rings is 2. The summed E-state index contributed by atoms with van der Waals surface area (Å²) in [6.07, 6.45) is 5.27. The lowest BCUT2D eigenvalue weighted by Gasteiger charge is -2.09. The Kier molecular flexibility index (Phi) is 3.40. The monoisotopic (exact) mass is 321 g/mol. The number of anilines is 2. The van der Waals surface area contributed by atoms with Gasteiger partial charge in [0.15, 0.2) is 0 Å². The summed E-state index contributed by atoms with van der Waals surface area (Å²) in [6, 6.07) is 13.7. The molecule has 0 spiro atoms. The fraction of sp³-hybridized carbons (Fsp3) is 0. The average Bonchev–Trinajstić information content (AvgIpc) is 3.11. The van der Waals surface area contributed by atoms with Gasteiger partial charge in [-0.15, -0.1) is 0 Å². The predicted octanol–water partition coefficient (Wildman–Crippen LogP) is 4.42. The van der Waals surface area contributed by atoms with Crippen molar-refractivity contribution in [1.82, 2.24) is 20.2 Å². The minimum absolute atomic E-state index is 0.463. The molecule has 4 rings (SSSR count). The first kappa shape index (κ1) is 13.7. The molecule has 3 heterocycles. The number of halogens is 1. The van der Waals surface area contributed by atoms with Gasteiger partial charge < -0.3 is 5.32 Å². The van der Waals surface area contributed by atoms with E-state index in [1.54, 1.807) is 18.5 Å². The molecular weight excluding hydrogens is 310 g/mol. The lowest BCUT2D eigenvalue weighted by molar-refractivity contribution is 1.10. The van der Waals surface area contributed by atoms with Crippen molar-refractivity contribution >= 4 is 33.9 Å². The van der Waals surface area contributed by atoms with Crippen molar-refractivity contribution in [3.8, 4) is 11.3 Å². The number of benzene rings is 1. The van der Waals surface area contributed by atoms with Crippen LogP contribution in [0.1, 0.15) is 0 Å². The molecule has 0 aliphatic carbocycles. The highest BCUT2D eigenvalue weighted by molar-refractivity contribution is 6.29. The van der Waals surface area contributed by atoms with Gasteiger partial charge in [-0.3, -0.25) is 5.10 Å². The normalized spacial score (nSPS) is 10.8. The highest BCUT2D eigenvalue weighted by Crippen LogP contribution is 2.28. The quantitative estimate of drug-likeness (QED) is 0.548. The van der Waals surface area contributed by atoms with Gasteiger partial charge in [0.25, 0.3) is 0 Å². The third-order valence-corrected chi connectivity index (χ3v) is 3.77. The van der Waals surface area contributed by atoms with Crippen LogP contribution in [-0.2, 0) is 0 Å². The number of aromatic amines is 1. The summed E-state index contributed by atoms with van der Waals surface area (Å²) in [5.74, 6) is 0.778. The first-order valence-electron chi connectivity index (χ1n) is 7.07. The van der Waals surface area contributed by atoms with E-state index in [1.807, 2.05) is 36.5 Å². The standard InChI is InChI=1S/C17H12ClN5/c18-16-4-2-13(10-20-16)22-17-14-3-1-12(15-6-8-21-23-15)9-11(14)5-7-19-17/h1-10H,(H,19,22)(H,21,23). The average molecular weight is 322 g/mol. The third kappa shape index (κ3) is 2.74. The van der Waals surface area contributed by atoms with Crippen molar-refractivity contribution in [1.29, 1.82) is 0 Å². The van der Waals surface area contributed by atoms with Crippen molar-refractivity contribution < 1.29 is 0 Å². The molecule has 0 fully saturated rings. The Morgan fingerprint density at radius 2 is 1.96 bits per heavy atom. The Hall–Kier alpha value is -2.92. The molecule has 23 heavy (non-hydrogen) atoms. The minimum atomic E-state index is 0.463. The van der Waals surface area contributed by atoms with E-state index in [-0.39, 0.29) is 0 Å². The van der Waals surface area contributed by atoms with E-state index in [1.165, 1.54) is 0 Å². The molecule has 4 aromatic rings. The van der Waals surface area contributed by atoms with Gasteiger partial charge in [-0.1, -0.05) is 17.7 Å². The number of nitrogens with one attached hydrogen (secondary N) is 2. The summed E-state index contributed by atoms with van der Waals surface area (Å²) in [4.78, 5) is 8.49. The first-order valence-corrected chi connectivity index (χ1v) is 7.45. The van der Waals surface area contributed by atoms with Crippen LogP contribution in [0.2, 0.25) is 5.15 Å². The van der Waals surface area contributed by atoms with Gasteiger partial charge in [0, 0.05) is 23.3 Å². The Balaban J connectivity index is 1.74. The zero-order valence-electron chi connectivity index (χ0n) is 12.0. The largest absolute Gasteiger partial charge is 0.338 e. The van der Waals surface area contributed by atoms with Crippen molar-refractivity contribution in [2.45, 2.75) is 0 Å². The minimum Gasteiger partial charge on any atom is -0.338 e. The van der Waals surface area contributed by atoms with Crippen molar-refractivity contribution in [2.24, 2.45) is 0 Å². The van der Waals surface area contributed by atoms with E-state index in [0.717, 1.165) is 33.5 Å². The molecule has 0 aliphatic heterocycles. The van der Waals surface area contributed by atoms with Crippen LogP contribution >= 0.6 is 11.6 Å². The van der Waals surface area contributed by atoms with E-state index in [2.05, 4.69) is 31.5 Å². The second-order valence-corrected chi connectivity index (χ2v) is 5.44. The Bertz CT molecular complexity index is 949. The van der Waals surface area contributed by atoms with Crippen molar-refractivity contribution in [3.05, 3.63) is 66.2 Å². The zero-order valence-corrected chi connectivity index (χ0v) is 12.7. The van der Waals surface area contributed by atoms with Gasteiger partial charge in [-0.2, -0.15) is 5.10 Å². The second kappa shape index (κ2) is 5.70. The SMILES string of the molecule is Clc1ccc(Nc2nccc3cc(-c4cc[nH]n4)ccc23)cn1. The van der Waals surface area contributed by atoms with Gasteiger partial charge in [0.2, 0.25) is 0 Å². The van der Waals surface area contributed by atoms with Crippen LogP contribution < -0.4 is 5.32 Å². The van der Waals surface area contributed by atoms with Crippen LogP contribution in [0.15, 0.2) is 61.1 Å². The zero-order chi connectivity index (χ0) is 15.6. The molecule has 0 radical (unpaired) electrons. The number of hydrogen-bond acceptors (Lipinski definition) is 4. The molecule has 0 saturated carbocycles. The predicted molar refractivity (Wildman–Crippen MR) is 91.9 cm³/mol. The number of nitrogens with zero attached hydrogens (tertiary/aromatic N) is 3. The summed E-state index contributed by atoms with van der Waals surface area (Å²) in [6.45, 7) is 0. The summed E-state index contributed by atoms with van der Waals surface area (Å²) in [5.41, 5.74) is 2.81. The van der Waals surface area contributed by atoms with E-state index in [4.69, 9.17) is 11.6 Å². The van der Waals surface area contributed by atoms with Crippen LogP contribution in [0.4, 0.5) is 11.5 Å². The van der Waals surface area contributed by atoms with Crippen molar-refractivity contribution in [2.75, 3.05) is 5.32 Å². The maximum Gasteiger partial charge on any atom is 0.138 e. The summed E-state index contributed by atoms with van der Waals surface area (Å²) >= 11 is 5.81. The molecule has 0 atom stereocenters. The molecule has 0 aliphatic rings. The van der Waals surface area contributed by atoms with Crippen molar-refractivity contribution in [3.63, 3.8) is 0 Å². The van der Waals surface area contributed by atoms with Crippen LogP contribution in [0.25, 0.3) is 22.0 Å². The maximum absolute atomic E-state index is 5.81. The number of hydrogen-bond donors (Lipinski definition) is 2. The van der Waals surface area contributed by atoms with E-state index < -0.39 is 0 Å². The molecule has 5 nitrogen and oxygen atoms in total. The Morgan fingerprint density at radius 1 is 1.00 bits per heavy atom. The fourth-order valence-corrected chi connectivity index (χ4v) is 2.56. The molecule has 2 N–H and O–H groups in total. The fourth-order valence-electron chi connectivity index (χ4n) is 2.44. The van der Waals surface area contributed by atoms with Gasteiger partial charge in [0.1, 0.15) is 11.0 Å². The summed E-state index contributed by atoms with van der Waals surface area (Å²) in [7, 11) is 0. The highest BCUT2D eigenvalue weighted by Gasteiger charge is 2.06. The van der Waals surface area contributed by atoms with Gasteiger partial charge in [-0.05, 0) is 41.8 Å². The number of fused-ring (bicyclic) bond motifs is 1. The van der Waals surface area contributed by atoms with Gasteiger partial charge in [-0.25, -0.2) is 9.97 Å². The number of rotatable bonds is 3. The molecule has 0 unspecified atom stereocenters. The Labute approximate surface area is 137 Å². The molecule has 1 aromatic carbocycles. The molecule has 6 heteroatoms. The molecule has 3 aromatic heterocycles. The smallest absolute Gasteiger partial charge is 0.138 e. The number of aromatic nitrogens is 4. The van der Waals surface area contributed by atoms with Crippen LogP contribution in [0.5, 0.6) is 0 Å². The number of H-pyrrole nitrogens is 1. The lowest BCUT2D eigenvalue weighted by Crippen LogP contribution is -1.95. The topological polar surface area (TPSA) is 66.5 Å². The van der Waals surface area contributed by atoms with E-state index in [9.17, 15) is 0 Å². The molecule has 112 valence electrons. The first-order chi connectivity index (χ1) is 11.3. The molecule has 0 amide bonds. The summed E-state index contributed by atoms with van der Waals surface area (Å²) < 4.78 is 0. The second-order valence-electron chi connectivity index (χ2n) is 5.05. The maximum atomic E-state index is 5.81. The van der Waals surface area contributed by atoms with E-state index in [0.29, 0.717) is 5.15 Å². The van der Waals surface area contributed by atoms with Crippen LogP contribution in [0, 0.1) is 0 Å². The third-order valence-electron chi connectivity index (χ3n) is 3.55. The van der Waals surface area contributed by atoms with Crippen LogP contribution in [0.3, 0.4) is 0 Å². The van der Waals surface area contributed by atoms with Crippen LogP contribution in [-0.4, -0.2) is 20.2 Å². The van der Waals surface area contributed by atoms with Gasteiger partial charge in [0.05, 0.1) is 17.6 Å². The summed E-state index contributed by atoms with van der Waals surface area (Å²) in [5, 5.41) is 12.9.